The molecule has 1 saturated heterocycles. The average Bonchev–Trinajstić information content (AvgIpc) is 2.65. The van der Waals surface area contributed by atoms with Gasteiger partial charge in [-0.2, -0.15) is 0 Å². The molecule has 1 aliphatic heterocycles. The van der Waals surface area contributed by atoms with Crippen LogP contribution in [0.25, 0.3) is 0 Å². The molecule has 1 heterocycles. The molecule has 2 N–H and O–H groups in total. The van der Waals surface area contributed by atoms with Crippen molar-refractivity contribution in [2.24, 2.45) is 11.8 Å². The van der Waals surface area contributed by atoms with E-state index < -0.39 is 5.97 Å². The van der Waals surface area contributed by atoms with E-state index in [1.54, 1.807) is 0 Å². The molecule has 4 nitrogen and oxygen atoms in total. The zero-order valence-electron chi connectivity index (χ0n) is 8.22. The Hall–Kier alpha value is -0.610. The summed E-state index contributed by atoms with van der Waals surface area (Å²) in [5.41, 5.74) is 0. The van der Waals surface area contributed by atoms with Crippen LogP contribution in [0.1, 0.15) is 19.3 Å². The van der Waals surface area contributed by atoms with Gasteiger partial charge >= 0.3 is 5.97 Å². The average molecular weight is 199 g/mol. The number of carboxylic acids is 1. The van der Waals surface area contributed by atoms with Crippen molar-refractivity contribution < 1.29 is 15.0 Å². The van der Waals surface area contributed by atoms with E-state index in [-0.39, 0.29) is 12.5 Å². The Morgan fingerprint density at radius 3 is 2.79 bits per heavy atom. The molecule has 0 spiro atoms. The molecule has 14 heavy (non-hydrogen) atoms. The third-order valence-corrected chi connectivity index (χ3v) is 3.54. The van der Waals surface area contributed by atoms with Crippen LogP contribution < -0.4 is 0 Å². The second kappa shape index (κ2) is 3.87. The number of aliphatic hydroxyl groups is 1. The van der Waals surface area contributed by atoms with Crippen LogP contribution in [0.5, 0.6) is 0 Å². The summed E-state index contributed by atoms with van der Waals surface area (Å²) >= 11 is 0. The second-order valence-electron chi connectivity index (χ2n) is 4.47. The van der Waals surface area contributed by atoms with Crippen molar-refractivity contribution in [3.05, 3.63) is 0 Å². The highest BCUT2D eigenvalue weighted by molar-refractivity contribution is 5.66. The molecule has 3 unspecified atom stereocenters. The van der Waals surface area contributed by atoms with E-state index in [1.807, 2.05) is 0 Å². The number of rotatable bonds is 3. The van der Waals surface area contributed by atoms with Gasteiger partial charge in [0.2, 0.25) is 0 Å². The number of nitrogens with zero attached hydrogens (tertiary/aromatic N) is 1. The van der Waals surface area contributed by atoms with Crippen molar-refractivity contribution in [3.8, 4) is 0 Å². The SMILES string of the molecule is O=C(O)CCN1CC2CCC(O)C2C1. The Kier molecular flexibility index (Phi) is 2.74. The number of likely N-dealkylation sites (tertiary alicyclic amines) is 1. The fourth-order valence-corrected chi connectivity index (χ4v) is 2.77. The van der Waals surface area contributed by atoms with E-state index >= 15 is 0 Å². The first kappa shape index (κ1) is 9.93. The summed E-state index contributed by atoms with van der Waals surface area (Å²) < 4.78 is 0. The molecule has 0 amide bonds. The van der Waals surface area contributed by atoms with Gasteiger partial charge in [0.1, 0.15) is 0 Å². The lowest BCUT2D eigenvalue weighted by molar-refractivity contribution is -0.137. The van der Waals surface area contributed by atoms with Crippen molar-refractivity contribution in [2.75, 3.05) is 19.6 Å². The third-order valence-electron chi connectivity index (χ3n) is 3.54. The Balaban J connectivity index is 1.80. The minimum absolute atomic E-state index is 0.144. The van der Waals surface area contributed by atoms with E-state index in [1.165, 1.54) is 0 Å². The van der Waals surface area contributed by atoms with Gasteiger partial charge < -0.3 is 15.1 Å². The van der Waals surface area contributed by atoms with Crippen LogP contribution in [0.3, 0.4) is 0 Å². The highest BCUT2D eigenvalue weighted by atomic mass is 16.4. The molecule has 0 radical (unpaired) electrons. The van der Waals surface area contributed by atoms with E-state index in [0.717, 1.165) is 25.9 Å². The maximum absolute atomic E-state index is 10.4. The number of carboxylic acid groups (broad SMARTS) is 1. The molecular weight excluding hydrogens is 182 g/mol. The summed E-state index contributed by atoms with van der Waals surface area (Å²) in [6.45, 7) is 2.50. The molecule has 0 aromatic carbocycles. The van der Waals surface area contributed by atoms with Gasteiger partial charge in [-0.3, -0.25) is 4.79 Å². The highest BCUT2D eigenvalue weighted by Crippen LogP contribution is 2.37. The van der Waals surface area contributed by atoms with E-state index in [2.05, 4.69) is 4.90 Å². The van der Waals surface area contributed by atoms with Crippen molar-refractivity contribution in [3.63, 3.8) is 0 Å². The van der Waals surface area contributed by atoms with Gasteiger partial charge in [0.25, 0.3) is 0 Å². The summed E-state index contributed by atoms with van der Waals surface area (Å²) in [4.78, 5) is 12.6. The summed E-state index contributed by atoms with van der Waals surface area (Å²) in [6.07, 6.45) is 2.11. The maximum atomic E-state index is 10.4. The third kappa shape index (κ3) is 1.91. The Morgan fingerprint density at radius 1 is 1.36 bits per heavy atom. The Morgan fingerprint density at radius 2 is 2.14 bits per heavy atom. The molecule has 2 fully saturated rings. The van der Waals surface area contributed by atoms with Gasteiger partial charge in [0, 0.05) is 25.6 Å². The normalized spacial score (nSPS) is 37.4. The van der Waals surface area contributed by atoms with Gasteiger partial charge in [-0.05, 0) is 18.8 Å². The van der Waals surface area contributed by atoms with Crippen LogP contribution in [-0.2, 0) is 4.79 Å². The molecule has 2 rings (SSSR count). The van der Waals surface area contributed by atoms with Crippen LogP contribution in [0, 0.1) is 11.8 Å². The van der Waals surface area contributed by atoms with Gasteiger partial charge in [-0.1, -0.05) is 0 Å². The molecule has 1 aliphatic carbocycles. The summed E-state index contributed by atoms with van der Waals surface area (Å²) in [5, 5.41) is 18.2. The number of hydrogen-bond acceptors (Lipinski definition) is 3. The summed E-state index contributed by atoms with van der Waals surface area (Å²) in [7, 11) is 0. The molecule has 2 aliphatic rings. The van der Waals surface area contributed by atoms with E-state index in [4.69, 9.17) is 5.11 Å². The van der Waals surface area contributed by atoms with Gasteiger partial charge in [-0.25, -0.2) is 0 Å². The zero-order valence-corrected chi connectivity index (χ0v) is 8.22. The highest BCUT2D eigenvalue weighted by Gasteiger charge is 2.41. The fourth-order valence-electron chi connectivity index (χ4n) is 2.77. The molecule has 80 valence electrons. The number of fused-ring (bicyclic) bond motifs is 1. The monoisotopic (exact) mass is 199 g/mol. The van der Waals surface area contributed by atoms with E-state index in [0.29, 0.717) is 18.4 Å². The van der Waals surface area contributed by atoms with Crippen molar-refractivity contribution in [2.45, 2.75) is 25.4 Å². The lowest BCUT2D eigenvalue weighted by Gasteiger charge is -2.16. The number of carbonyl (C=O) groups is 1. The molecule has 0 bridgehead atoms. The molecule has 0 aromatic rings. The summed E-state index contributed by atoms with van der Waals surface area (Å²) in [6, 6.07) is 0. The molecule has 4 heteroatoms. The predicted molar refractivity (Wildman–Crippen MR) is 50.9 cm³/mol. The first-order valence-corrected chi connectivity index (χ1v) is 5.29. The Labute approximate surface area is 83.5 Å². The molecular formula is C10H17NO3. The topological polar surface area (TPSA) is 60.8 Å². The fraction of sp³-hybridized carbons (Fsp3) is 0.900. The lowest BCUT2D eigenvalue weighted by atomic mass is 10.00. The second-order valence-corrected chi connectivity index (χ2v) is 4.47. The summed E-state index contributed by atoms with van der Waals surface area (Å²) in [5.74, 6) is 0.283. The number of hydrogen-bond donors (Lipinski definition) is 2. The zero-order chi connectivity index (χ0) is 10.1. The Bertz CT molecular complexity index is 231. The maximum Gasteiger partial charge on any atom is 0.304 e. The quantitative estimate of drug-likeness (QED) is 0.680. The minimum Gasteiger partial charge on any atom is -0.481 e. The van der Waals surface area contributed by atoms with Crippen LogP contribution in [-0.4, -0.2) is 46.8 Å². The van der Waals surface area contributed by atoms with E-state index in [9.17, 15) is 9.90 Å². The molecule has 3 atom stereocenters. The minimum atomic E-state index is -0.734. The van der Waals surface area contributed by atoms with Gasteiger partial charge in [-0.15, -0.1) is 0 Å². The number of aliphatic hydroxyl groups excluding tert-OH is 1. The molecule has 0 aromatic heterocycles. The van der Waals surface area contributed by atoms with Crippen molar-refractivity contribution in [1.29, 1.82) is 0 Å². The van der Waals surface area contributed by atoms with Crippen molar-refractivity contribution in [1.82, 2.24) is 4.90 Å². The largest absolute Gasteiger partial charge is 0.481 e. The van der Waals surface area contributed by atoms with Crippen LogP contribution in [0.4, 0.5) is 0 Å². The predicted octanol–water partition coefficient (Wildman–Crippen LogP) is 0.164. The van der Waals surface area contributed by atoms with Crippen molar-refractivity contribution >= 4 is 5.97 Å². The smallest absolute Gasteiger partial charge is 0.304 e. The van der Waals surface area contributed by atoms with Crippen LogP contribution in [0.2, 0.25) is 0 Å². The lowest BCUT2D eigenvalue weighted by Crippen LogP contribution is -2.26. The van der Waals surface area contributed by atoms with Crippen LogP contribution in [0.15, 0.2) is 0 Å². The first-order valence-electron chi connectivity index (χ1n) is 5.29. The van der Waals surface area contributed by atoms with Gasteiger partial charge in [0.05, 0.1) is 12.5 Å². The number of aliphatic carboxylic acids is 1. The van der Waals surface area contributed by atoms with Crippen LogP contribution >= 0.6 is 0 Å². The molecule has 1 saturated carbocycles. The standard InChI is InChI=1S/C10H17NO3/c12-9-2-1-7-5-11(6-8(7)9)4-3-10(13)14/h7-9,12H,1-6H2,(H,13,14). The van der Waals surface area contributed by atoms with Gasteiger partial charge in [0.15, 0.2) is 0 Å². The first-order chi connectivity index (χ1) is 6.66.